The molecule has 2 aromatic rings. The quantitative estimate of drug-likeness (QED) is 0.749. The second-order valence-electron chi connectivity index (χ2n) is 7.49. The fourth-order valence-corrected chi connectivity index (χ4v) is 3.80. The van der Waals surface area contributed by atoms with Crippen molar-refractivity contribution in [3.05, 3.63) is 65.7 Å². The number of nitrogens with one attached hydrogen (secondary N) is 3. The molecule has 2 fully saturated rings. The largest absolute Gasteiger partial charge is 0.322 e. The maximum Gasteiger partial charge on any atom is 0.255 e. The van der Waals surface area contributed by atoms with Crippen LogP contribution in [0.25, 0.3) is 0 Å². The lowest BCUT2D eigenvalue weighted by Crippen LogP contribution is -2.34. The molecule has 1 amide bonds. The van der Waals surface area contributed by atoms with E-state index in [1.165, 1.54) is 24.8 Å². The highest BCUT2D eigenvalue weighted by molar-refractivity contribution is 6.04. The third kappa shape index (κ3) is 4.32. The molecule has 26 heavy (non-hydrogen) atoms. The molecular formula is C22H27N3O. The van der Waals surface area contributed by atoms with E-state index in [9.17, 15) is 4.79 Å². The van der Waals surface area contributed by atoms with E-state index < -0.39 is 0 Å². The third-order valence-corrected chi connectivity index (χ3v) is 5.55. The summed E-state index contributed by atoms with van der Waals surface area (Å²) >= 11 is 0. The van der Waals surface area contributed by atoms with Crippen molar-refractivity contribution in [2.24, 2.45) is 5.92 Å². The van der Waals surface area contributed by atoms with E-state index in [-0.39, 0.29) is 5.91 Å². The number of hydrogen-bond donors (Lipinski definition) is 3. The van der Waals surface area contributed by atoms with Crippen molar-refractivity contribution in [2.45, 2.75) is 31.2 Å². The van der Waals surface area contributed by atoms with Gasteiger partial charge in [0.2, 0.25) is 0 Å². The van der Waals surface area contributed by atoms with Crippen LogP contribution in [-0.2, 0) is 0 Å². The van der Waals surface area contributed by atoms with E-state index >= 15 is 0 Å². The average molecular weight is 349 g/mol. The molecule has 136 valence electrons. The van der Waals surface area contributed by atoms with Crippen LogP contribution < -0.4 is 16.0 Å². The van der Waals surface area contributed by atoms with Gasteiger partial charge in [-0.25, -0.2) is 0 Å². The van der Waals surface area contributed by atoms with Gasteiger partial charge in [0, 0.05) is 23.2 Å². The number of hydrogen-bond acceptors (Lipinski definition) is 3. The zero-order valence-corrected chi connectivity index (χ0v) is 15.1. The van der Waals surface area contributed by atoms with Gasteiger partial charge in [-0.2, -0.15) is 0 Å². The van der Waals surface area contributed by atoms with Gasteiger partial charge in [0.15, 0.2) is 0 Å². The first-order valence-corrected chi connectivity index (χ1v) is 9.70. The fourth-order valence-electron chi connectivity index (χ4n) is 3.80. The molecule has 2 aromatic carbocycles. The van der Waals surface area contributed by atoms with Crippen LogP contribution in [0.1, 0.15) is 41.1 Å². The Bertz CT molecular complexity index is 723. The Kier molecular flexibility index (Phi) is 5.32. The predicted octanol–water partition coefficient (Wildman–Crippen LogP) is 3.38. The lowest BCUT2D eigenvalue weighted by molar-refractivity contribution is 0.102. The molecule has 1 saturated heterocycles. The summed E-state index contributed by atoms with van der Waals surface area (Å²) in [4.78, 5) is 12.2. The van der Waals surface area contributed by atoms with Crippen LogP contribution in [0.5, 0.6) is 0 Å². The second kappa shape index (κ2) is 8.02. The molecule has 2 aliphatic rings. The molecule has 0 aromatic heterocycles. The smallest absolute Gasteiger partial charge is 0.255 e. The molecule has 0 bridgehead atoms. The molecule has 1 saturated carbocycles. The van der Waals surface area contributed by atoms with Crippen LogP contribution in [-0.4, -0.2) is 31.6 Å². The maximum atomic E-state index is 12.2. The number of benzene rings is 2. The van der Waals surface area contributed by atoms with Gasteiger partial charge < -0.3 is 16.0 Å². The molecule has 1 aliphatic heterocycles. The van der Waals surface area contributed by atoms with E-state index in [1.54, 1.807) is 0 Å². The first-order valence-electron chi connectivity index (χ1n) is 9.70. The van der Waals surface area contributed by atoms with Crippen molar-refractivity contribution in [2.75, 3.05) is 25.0 Å². The van der Waals surface area contributed by atoms with E-state index in [4.69, 9.17) is 0 Å². The minimum atomic E-state index is -0.0636. The summed E-state index contributed by atoms with van der Waals surface area (Å²) in [7, 11) is 0. The van der Waals surface area contributed by atoms with Crippen molar-refractivity contribution in [3.63, 3.8) is 0 Å². The van der Waals surface area contributed by atoms with Crippen LogP contribution in [0.2, 0.25) is 0 Å². The second-order valence-corrected chi connectivity index (χ2v) is 7.49. The van der Waals surface area contributed by atoms with Crippen LogP contribution in [0, 0.1) is 5.92 Å². The van der Waals surface area contributed by atoms with Crippen molar-refractivity contribution in [3.8, 4) is 0 Å². The molecule has 4 heteroatoms. The van der Waals surface area contributed by atoms with Gasteiger partial charge in [-0.1, -0.05) is 30.3 Å². The highest BCUT2D eigenvalue weighted by atomic mass is 16.1. The normalized spacial score (nSPS) is 22.8. The molecule has 1 heterocycles. The van der Waals surface area contributed by atoms with E-state index in [0.717, 1.165) is 31.2 Å². The minimum absolute atomic E-state index is 0.0636. The number of anilines is 1. The average Bonchev–Trinajstić information content (AvgIpc) is 3.48. The van der Waals surface area contributed by atoms with Gasteiger partial charge in [-0.05, 0) is 74.6 Å². The first kappa shape index (κ1) is 17.3. The summed E-state index contributed by atoms with van der Waals surface area (Å²) in [5.41, 5.74) is 2.90. The monoisotopic (exact) mass is 349 g/mol. The predicted molar refractivity (Wildman–Crippen MR) is 106 cm³/mol. The number of piperidine rings is 1. The minimum Gasteiger partial charge on any atom is -0.322 e. The van der Waals surface area contributed by atoms with Gasteiger partial charge in [-0.15, -0.1) is 0 Å². The summed E-state index contributed by atoms with van der Waals surface area (Å²) in [5, 5.41) is 10.1. The van der Waals surface area contributed by atoms with Crippen molar-refractivity contribution < 1.29 is 4.79 Å². The Morgan fingerprint density at radius 3 is 2.46 bits per heavy atom. The Morgan fingerprint density at radius 2 is 1.73 bits per heavy atom. The molecule has 0 radical (unpaired) electrons. The van der Waals surface area contributed by atoms with E-state index in [1.807, 2.05) is 42.5 Å². The van der Waals surface area contributed by atoms with Gasteiger partial charge in [0.1, 0.15) is 0 Å². The van der Waals surface area contributed by atoms with E-state index in [2.05, 4.69) is 28.1 Å². The summed E-state index contributed by atoms with van der Waals surface area (Å²) in [5.74, 6) is 1.38. The highest BCUT2D eigenvalue weighted by Crippen LogP contribution is 2.41. The third-order valence-electron chi connectivity index (χ3n) is 5.55. The fraction of sp³-hybridized carbons (Fsp3) is 0.409. The van der Waals surface area contributed by atoms with Gasteiger partial charge >= 0.3 is 0 Å². The Morgan fingerprint density at radius 1 is 1.00 bits per heavy atom. The van der Waals surface area contributed by atoms with E-state index in [0.29, 0.717) is 17.5 Å². The topological polar surface area (TPSA) is 53.2 Å². The Hall–Kier alpha value is -2.17. The maximum absolute atomic E-state index is 12.2. The Labute approximate surface area is 155 Å². The molecule has 4 rings (SSSR count). The zero-order valence-electron chi connectivity index (χ0n) is 15.1. The summed E-state index contributed by atoms with van der Waals surface area (Å²) in [6.07, 6.45) is 3.81. The van der Waals surface area contributed by atoms with Crippen LogP contribution >= 0.6 is 0 Å². The van der Waals surface area contributed by atoms with Crippen LogP contribution in [0.4, 0.5) is 5.69 Å². The van der Waals surface area contributed by atoms with Crippen molar-refractivity contribution in [1.82, 2.24) is 10.6 Å². The lowest BCUT2D eigenvalue weighted by Gasteiger charge is -2.22. The van der Waals surface area contributed by atoms with Gasteiger partial charge in [0.05, 0.1) is 0 Å². The molecular weight excluding hydrogens is 322 g/mol. The van der Waals surface area contributed by atoms with Gasteiger partial charge in [-0.3, -0.25) is 4.79 Å². The number of carbonyl (C=O) groups is 1. The molecule has 3 N–H and O–H groups in total. The van der Waals surface area contributed by atoms with Crippen molar-refractivity contribution >= 4 is 11.6 Å². The SMILES string of the molecule is O=C(Nc1ccc([C@@H]2CC2NCC2CCNCC2)cc1)c1ccccc1. The highest BCUT2D eigenvalue weighted by Gasteiger charge is 2.38. The van der Waals surface area contributed by atoms with Crippen LogP contribution in [0.3, 0.4) is 0 Å². The van der Waals surface area contributed by atoms with Gasteiger partial charge in [0.25, 0.3) is 5.91 Å². The Balaban J connectivity index is 1.26. The molecule has 1 aliphatic carbocycles. The van der Waals surface area contributed by atoms with Crippen molar-refractivity contribution in [1.29, 1.82) is 0 Å². The number of amides is 1. The number of rotatable bonds is 6. The first-order chi connectivity index (χ1) is 12.8. The lowest BCUT2D eigenvalue weighted by atomic mass is 9.98. The molecule has 1 unspecified atom stereocenters. The summed E-state index contributed by atoms with van der Waals surface area (Å²) in [6.45, 7) is 3.47. The number of carbonyl (C=O) groups excluding carboxylic acids is 1. The molecule has 2 atom stereocenters. The molecule has 0 spiro atoms. The summed E-state index contributed by atoms with van der Waals surface area (Å²) in [6, 6.07) is 18.3. The zero-order chi connectivity index (χ0) is 17.8. The van der Waals surface area contributed by atoms with Crippen LogP contribution in [0.15, 0.2) is 54.6 Å². The standard InChI is InChI=1S/C22H27N3O/c26-22(18-4-2-1-3-5-18)25-19-8-6-17(7-9-19)20-14-21(20)24-15-16-10-12-23-13-11-16/h1-9,16,20-21,23-24H,10-15H2,(H,25,26)/t20-,21?/m0/s1. The molecule has 4 nitrogen and oxygen atoms in total. The summed E-state index contributed by atoms with van der Waals surface area (Å²) < 4.78 is 0.